The molecule has 0 spiro atoms. The summed E-state index contributed by atoms with van der Waals surface area (Å²) in [6.07, 6.45) is 1.67. The number of benzene rings is 1. The zero-order chi connectivity index (χ0) is 18.7. The van der Waals surface area contributed by atoms with Gasteiger partial charge in [0.05, 0.1) is 6.61 Å². The van der Waals surface area contributed by atoms with Crippen molar-refractivity contribution >= 4 is 45.3 Å². The Kier molecular flexibility index (Phi) is 5.48. The number of nitrogens with one attached hydrogen (secondary N) is 2. The highest BCUT2D eigenvalue weighted by Gasteiger charge is 2.30. The van der Waals surface area contributed by atoms with Gasteiger partial charge in [-0.1, -0.05) is 29.5 Å². The van der Waals surface area contributed by atoms with E-state index < -0.39 is 5.60 Å². The average molecular weight is 391 g/mol. The van der Waals surface area contributed by atoms with Crippen LogP contribution < -0.4 is 15.4 Å². The number of anilines is 2. The van der Waals surface area contributed by atoms with Gasteiger partial charge in [-0.25, -0.2) is 4.79 Å². The number of fused-ring (bicyclic) bond motifs is 1. The van der Waals surface area contributed by atoms with Gasteiger partial charge in [-0.05, 0) is 58.0 Å². The van der Waals surface area contributed by atoms with Crippen molar-refractivity contribution in [2.45, 2.75) is 39.2 Å². The standard InChI is InChI=1S/C19H22N2O3S2/c1-19(2,3)24-16(22)14-13-10-7-11-23-17(13)26-15(14)21-18(25)20-12-8-5-4-6-9-12/h4-6,8-9H,7,10-11H2,1-3H3,(H2,20,21,25). The molecule has 1 aliphatic heterocycles. The lowest BCUT2D eigenvalue weighted by molar-refractivity contribution is 0.00693. The fraction of sp³-hybridized carbons (Fsp3) is 0.368. The first-order chi connectivity index (χ1) is 12.3. The van der Waals surface area contributed by atoms with E-state index in [0.717, 1.165) is 29.2 Å². The minimum absolute atomic E-state index is 0.356. The van der Waals surface area contributed by atoms with Crippen molar-refractivity contribution in [1.29, 1.82) is 0 Å². The Labute approximate surface area is 162 Å². The molecule has 138 valence electrons. The summed E-state index contributed by atoms with van der Waals surface area (Å²) in [7, 11) is 0. The van der Waals surface area contributed by atoms with E-state index in [-0.39, 0.29) is 5.97 Å². The van der Waals surface area contributed by atoms with Crippen LogP contribution in [0, 0.1) is 0 Å². The number of thiocarbonyl (C=S) groups is 1. The smallest absolute Gasteiger partial charge is 0.342 e. The van der Waals surface area contributed by atoms with E-state index in [1.807, 2.05) is 51.1 Å². The summed E-state index contributed by atoms with van der Waals surface area (Å²) in [6, 6.07) is 9.63. The quantitative estimate of drug-likeness (QED) is 0.578. The molecule has 2 aromatic rings. The molecule has 0 bridgehead atoms. The number of thiophene rings is 1. The zero-order valence-electron chi connectivity index (χ0n) is 15.0. The molecule has 7 heteroatoms. The molecular formula is C19H22N2O3S2. The molecule has 0 saturated carbocycles. The first-order valence-corrected chi connectivity index (χ1v) is 9.71. The molecule has 1 aromatic heterocycles. The van der Waals surface area contributed by atoms with Gasteiger partial charge in [0.2, 0.25) is 0 Å². The predicted octanol–water partition coefficient (Wildman–Crippen LogP) is 4.84. The third kappa shape index (κ3) is 4.53. The van der Waals surface area contributed by atoms with Crippen molar-refractivity contribution in [1.82, 2.24) is 0 Å². The van der Waals surface area contributed by atoms with E-state index in [1.165, 1.54) is 11.3 Å². The van der Waals surface area contributed by atoms with E-state index in [2.05, 4.69) is 10.6 Å². The zero-order valence-corrected chi connectivity index (χ0v) is 16.7. The first kappa shape index (κ1) is 18.7. The molecule has 2 N–H and O–H groups in total. The molecule has 1 aromatic carbocycles. The van der Waals surface area contributed by atoms with Crippen LogP contribution in [-0.2, 0) is 11.2 Å². The summed E-state index contributed by atoms with van der Waals surface area (Å²) >= 11 is 6.80. The van der Waals surface area contributed by atoms with Crippen LogP contribution in [0.5, 0.6) is 5.06 Å². The highest BCUT2D eigenvalue weighted by atomic mass is 32.1. The van der Waals surface area contributed by atoms with Gasteiger partial charge >= 0.3 is 5.97 Å². The maximum Gasteiger partial charge on any atom is 0.342 e. The highest BCUT2D eigenvalue weighted by molar-refractivity contribution is 7.80. The van der Waals surface area contributed by atoms with E-state index in [1.54, 1.807) is 0 Å². The van der Waals surface area contributed by atoms with E-state index >= 15 is 0 Å². The van der Waals surface area contributed by atoms with E-state index in [4.69, 9.17) is 21.7 Å². The Morgan fingerprint density at radius 3 is 2.65 bits per heavy atom. The molecule has 0 aliphatic carbocycles. The molecule has 26 heavy (non-hydrogen) atoms. The van der Waals surface area contributed by atoms with Crippen LogP contribution in [0.15, 0.2) is 30.3 Å². The molecule has 0 saturated heterocycles. The van der Waals surface area contributed by atoms with Crippen LogP contribution in [-0.4, -0.2) is 23.3 Å². The van der Waals surface area contributed by atoms with Gasteiger partial charge in [0, 0.05) is 11.3 Å². The van der Waals surface area contributed by atoms with Crippen LogP contribution in [0.25, 0.3) is 0 Å². The summed E-state index contributed by atoms with van der Waals surface area (Å²) in [5, 5.41) is 8.09. The number of rotatable bonds is 3. The highest BCUT2D eigenvalue weighted by Crippen LogP contribution is 2.43. The summed E-state index contributed by atoms with van der Waals surface area (Å²) in [6.45, 7) is 6.23. The van der Waals surface area contributed by atoms with Gasteiger partial charge in [0.15, 0.2) is 10.2 Å². The van der Waals surface area contributed by atoms with Gasteiger partial charge in [0.1, 0.15) is 16.2 Å². The maximum atomic E-state index is 12.8. The van der Waals surface area contributed by atoms with Crippen molar-refractivity contribution in [2.24, 2.45) is 0 Å². The lowest BCUT2D eigenvalue weighted by atomic mass is 10.1. The number of hydrogen-bond donors (Lipinski definition) is 2. The summed E-state index contributed by atoms with van der Waals surface area (Å²) < 4.78 is 11.3. The maximum absolute atomic E-state index is 12.8. The number of carbonyl (C=O) groups is 1. The van der Waals surface area contributed by atoms with Crippen LogP contribution in [0.3, 0.4) is 0 Å². The SMILES string of the molecule is CC(C)(C)OC(=O)c1c(NC(=S)Nc2ccccc2)sc2c1CCCO2. The topological polar surface area (TPSA) is 59.6 Å². The summed E-state index contributed by atoms with van der Waals surface area (Å²) in [5.41, 5.74) is 1.74. The van der Waals surface area contributed by atoms with Crippen molar-refractivity contribution in [3.8, 4) is 5.06 Å². The Morgan fingerprint density at radius 1 is 1.23 bits per heavy atom. The Morgan fingerprint density at radius 2 is 1.96 bits per heavy atom. The Hall–Kier alpha value is -2.12. The Bertz CT molecular complexity index is 810. The first-order valence-electron chi connectivity index (χ1n) is 8.48. The summed E-state index contributed by atoms with van der Waals surface area (Å²) in [5.74, 6) is -0.356. The van der Waals surface area contributed by atoms with Crippen LogP contribution in [0.4, 0.5) is 10.7 Å². The largest absolute Gasteiger partial charge is 0.484 e. The molecule has 0 unspecified atom stereocenters. The number of ether oxygens (including phenoxy) is 2. The fourth-order valence-electron chi connectivity index (χ4n) is 2.62. The average Bonchev–Trinajstić information content (AvgIpc) is 2.91. The molecular weight excluding hydrogens is 368 g/mol. The number of carbonyl (C=O) groups excluding carboxylic acids is 1. The van der Waals surface area contributed by atoms with Gasteiger partial charge in [-0.2, -0.15) is 0 Å². The second-order valence-electron chi connectivity index (χ2n) is 6.97. The van der Waals surface area contributed by atoms with Gasteiger partial charge in [0.25, 0.3) is 0 Å². The van der Waals surface area contributed by atoms with Crippen LogP contribution >= 0.6 is 23.6 Å². The second-order valence-corrected chi connectivity index (χ2v) is 8.36. The van der Waals surface area contributed by atoms with E-state index in [0.29, 0.717) is 22.3 Å². The van der Waals surface area contributed by atoms with E-state index in [9.17, 15) is 4.79 Å². The number of hydrogen-bond acceptors (Lipinski definition) is 5. The third-order valence-corrected chi connectivity index (χ3v) is 4.90. The number of esters is 1. The van der Waals surface area contributed by atoms with Crippen molar-refractivity contribution in [3.63, 3.8) is 0 Å². The van der Waals surface area contributed by atoms with Gasteiger partial charge < -0.3 is 20.1 Å². The van der Waals surface area contributed by atoms with Crippen molar-refractivity contribution in [3.05, 3.63) is 41.5 Å². The fourth-order valence-corrected chi connectivity index (χ4v) is 4.02. The minimum Gasteiger partial charge on any atom is -0.484 e. The second kappa shape index (κ2) is 7.63. The monoisotopic (exact) mass is 390 g/mol. The predicted molar refractivity (Wildman–Crippen MR) is 110 cm³/mol. The minimum atomic E-state index is -0.568. The van der Waals surface area contributed by atoms with Crippen LogP contribution in [0.2, 0.25) is 0 Å². The van der Waals surface area contributed by atoms with Gasteiger partial charge in [-0.15, -0.1) is 0 Å². The normalized spacial score (nSPS) is 13.3. The Balaban J connectivity index is 1.85. The lowest BCUT2D eigenvalue weighted by Crippen LogP contribution is -2.26. The lowest BCUT2D eigenvalue weighted by Gasteiger charge is -2.21. The molecule has 0 radical (unpaired) electrons. The van der Waals surface area contributed by atoms with Crippen molar-refractivity contribution in [2.75, 3.05) is 17.2 Å². The van der Waals surface area contributed by atoms with Crippen LogP contribution in [0.1, 0.15) is 43.1 Å². The molecule has 1 aliphatic rings. The number of para-hydroxylation sites is 1. The molecule has 5 nitrogen and oxygen atoms in total. The van der Waals surface area contributed by atoms with Gasteiger partial charge in [-0.3, -0.25) is 0 Å². The molecule has 3 rings (SSSR count). The molecule has 0 fully saturated rings. The molecule has 0 atom stereocenters. The summed E-state index contributed by atoms with van der Waals surface area (Å²) in [4.78, 5) is 12.8. The molecule has 2 heterocycles. The van der Waals surface area contributed by atoms with Crippen molar-refractivity contribution < 1.29 is 14.3 Å². The molecule has 0 amide bonds. The third-order valence-electron chi connectivity index (χ3n) is 3.64.